The number of phenolic OH excluding ortho intramolecular Hbond substituents is 1. The Labute approximate surface area is 182 Å². The molecule has 30 heavy (non-hydrogen) atoms. The number of amides is 1. The third kappa shape index (κ3) is 6.01. The molecule has 2 aromatic carbocycles. The molecule has 1 amide bonds. The molecule has 1 atom stereocenters. The van der Waals surface area contributed by atoms with Crippen LogP contribution in [0.5, 0.6) is 17.2 Å². The van der Waals surface area contributed by atoms with Crippen LogP contribution in [0.1, 0.15) is 37.5 Å². The molecule has 0 aliphatic carbocycles. The molecule has 164 valence electrons. The van der Waals surface area contributed by atoms with E-state index in [2.05, 4.69) is 36.6 Å². The number of carbonyl (C=O) groups is 1. The molecule has 8 heteroatoms. The van der Waals surface area contributed by atoms with Crippen LogP contribution in [-0.2, 0) is 11.2 Å². The number of phenols is 1. The van der Waals surface area contributed by atoms with Crippen LogP contribution in [0, 0.1) is 0 Å². The molecule has 0 spiro atoms. The number of aryl methyl sites for hydroxylation is 1. The van der Waals surface area contributed by atoms with Gasteiger partial charge in [-0.3, -0.25) is 4.79 Å². The molecule has 0 fully saturated rings. The van der Waals surface area contributed by atoms with Crippen molar-refractivity contribution < 1.29 is 24.5 Å². The van der Waals surface area contributed by atoms with Gasteiger partial charge in [0.2, 0.25) is 0 Å². The van der Waals surface area contributed by atoms with Gasteiger partial charge in [-0.05, 0) is 50.5 Å². The Kier molecular flexibility index (Phi) is 7.95. The number of β-amino-alcohol motifs (C(OH)–C–C–N with tert-alkyl or cyclic N) is 1. The summed E-state index contributed by atoms with van der Waals surface area (Å²) in [5, 5.41) is 26.7. The lowest BCUT2D eigenvalue weighted by molar-refractivity contribution is -0.118. The van der Waals surface area contributed by atoms with Gasteiger partial charge in [0.25, 0.3) is 5.91 Å². The lowest BCUT2D eigenvalue weighted by Crippen LogP contribution is -2.42. The molecule has 0 saturated carbocycles. The van der Waals surface area contributed by atoms with E-state index >= 15 is 0 Å². The van der Waals surface area contributed by atoms with E-state index in [4.69, 9.17) is 9.47 Å². The molecule has 0 radical (unpaired) electrons. The SMILES string of the molecule is COc1ccc(CCC(C)(C)NCC(O)c2cc(O)cc3c2OCC(=O)N3)cc1.Cl. The summed E-state index contributed by atoms with van der Waals surface area (Å²) in [7, 11) is 1.65. The first kappa shape index (κ1) is 23.8. The fourth-order valence-corrected chi connectivity index (χ4v) is 3.28. The molecule has 1 aliphatic heterocycles. The predicted octanol–water partition coefficient (Wildman–Crippen LogP) is 3.19. The highest BCUT2D eigenvalue weighted by Gasteiger charge is 2.26. The minimum absolute atomic E-state index is 0. The number of hydrogen-bond donors (Lipinski definition) is 4. The Morgan fingerprint density at radius 3 is 2.63 bits per heavy atom. The van der Waals surface area contributed by atoms with Crippen molar-refractivity contribution in [3.63, 3.8) is 0 Å². The van der Waals surface area contributed by atoms with E-state index in [1.54, 1.807) is 7.11 Å². The first-order valence-electron chi connectivity index (χ1n) is 9.63. The lowest BCUT2D eigenvalue weighted by Gasteiger charge is -2.29. The smallest absolute Gasteiger partial charge is 0.262 e. The van der Waals surface area contributed by atoms with E-state index in [0.717, 1.165) is 18.6 Å². The number of carbonyl (C=O) groups excluding carboxylic acids is 1. The van der Waals surface area contributed by atoms with Crippen molar-refractivity contribution in [3.05, 3.63) is 47.5 Å². The van der Waals surface area contributed by atoms with Gasteiger partial charge in [0.15, 0.2) is 6.61 Å². The molecule has 1 heterocycles. The highest BCUT2D eigenvalue weighted by Crippen LogP contribution is 2.38. The van der Waals surface area contributed by atoms with Gasteiger partial charge in [0.05, 0.1) is 18.9 Å². The quantitative estimate of drug-likeness (QED) is 0.507. The van der Waals surface area contributed by atoms with E-state index in [9.17, 15) is 15.0 Å². The Balaban J connectivity index is 0.00000320. The summed E-state index contributed by atoms with van der Waals surface area (Å²) in [4.78, 5) is 11.5. The number of methoxy groups -OCH3 is 1. The van der Waals surface area contributed by atoms with Crippen LogP contribution >= 0.6 is 12.4 Å². The highest BCUT2D eigenvalue weighted by molar-refractivity contribution is 5.96. The zero-order valence-corrected chi connectivity index (χ0v) is 18.2. The maximum Gasteiger partial charge on any atom is 0.262 e. The molecule has 0 aromatic heterocycles. The maximum absolute atomic E-state index is 11.5. The van der Waals surface area contributed by atoms with Crippen LogP contribution < -0.4 is 20.1 Å². The molecule has 2 aromatic rings. The predicted molar refractivity (Wildman–Crippen MR) is 118 cm³/mol. The highest BCUT2D eigenvalue weighted by atomic mass is 35.5. The summed E-state index contributed by atoms with van der Waals surface area (Å²) in [5.74, 6) is 0.901. The molecule has 3 rings (SSSR count). The molecule has 1 unspecified atom stereocenters. The summed E-state index contributed by atoms with van der Waals surface area (Å²) in [6, 6.07) is 10.9. The van der Waals surface area contributed by atoms with E-state index in [-0.39, 0.29) is 42.8 Å². The Morgan fingerprint density at radius 1 is 1.27 bits per heavy atom. The number of fused-ring (bicyclic) bond motifs is 1. The third-order valence-electron chi connectivity index (χ3n) is 5.05. The van der Waals surface area contributed by atoms with Crippen molar-refractivity contribution in [3.8, 4) is 17.2 Å². The summed E-state index contributed by atoms with van der Waals surface area (Å²) >= 11 is 0. The molecule has 0 bridgehead atoms. The van der Waals surface area contributed by atoms with Crippen LogP contribution in [0.2, 0.25) is 0 Å². The van der Waals surface area contributed by atoms with Gasteiger partial charge < -0.3 is 30.3 Å². The Bertz CT molecular complexity index is 871. The third-order valence-corrected chi connectivity index (χ3v) is 5.05. The van der Waals surface area contributed by atoms with E-state index in [1.807, 2.05) is 12.1 Å². The number of rotatable bonds is 8. The Morgan fingerprint density at radius 2 is 1.97 bits per heavy atom. The molecule has 1 aliphatic rings. The maximum atomic E-state index is 11.5. The number of aliphatic hydroxyl groups excluding tert-OH is 1. The molecule has 7 nitrogen and oxygen atoms in total. The van der Waals surface area contributed by atoms with Gasteiger partial charge in [-0.25, -0.2) is 0 Å². The topological polar surface area (TPSA) is 100 Å². The average Bonchev–Trinajstić information content (AvgIpc) is 2.70. The second-order valence-corrected chi connectivity index (χ2v) is 7.88. The zero-order valence-electron chi connectivity index (χ0n) is 17.4. The van der Waals surface area contributed by atoms with Crippen LogP contribution in [0.4, 0.5) is 5.69 Å². The van der Waals surface area contributed by atoms with Crippen molar-refractivity contribution in [2.75, 3.05) is 25.6 Å². The van der Waals surface area contributed by atoms with Gasteiger partial charge in [-0.1, -0.05) is 12.1 Å². The number of halogens is 1. The summed E-state index contributed by atoms with van der Waals surface area (Å²) in [6.07, 6.45) is 0.860. The fraction of sp³-hybridized carbons (Fsp3) is 0.409. The van der Waals surface area contributed by atoms with Crippen LogP contribution in [0.25, 0.3) is 0 Å². The Hall–Kier alpha value is -2.48. The molecular formula is C22H29ClN2O5. The molecule has 0 saturated heterocycles. The van der Waals surface area contributed by atoms with Gasteiger partial charge in [-0.15, -0.1) is 12.4 Å². The lowest BCUT2D eigenvalue weighted by atomic mass is 9.94. The van der Waals surface area contributed by atoms with Crippen LogP contribution in [0.3, 0.4) is 0 Å². The number of nitrogens with one attached hydrogen (secondary N) is 2. The van der Waals surface area contributed by atoms with Gasteiger partial charge in [0, 0.05) is 23.7 Å². The number of aliphatic hydroxyl groups is 1. The minimum Gasteiger partial charge on any atom is -0.508 e. The summed E-state index contributed by atoms with van der Waals surface area (Å²) in [5.41, 5.74) is 1.81. The number of anilines is 1. The normalized spacial score (nSPS) is 14.1. The van der Waals surface area contributed by atoms with Crippen LogP contribution in [0.15, 0.2) is 36.4 Å². The first-order valence-corrected chi connectivity index (χ1v) is 9.63. The summed E-state index contributed by atoms with van der Waals surface area (Å²) in [6.45, 7) is 4.33. The zero-order chi connectivity index (χ0) is 21.0. The van der Waals surface area contributed by atoms with Gasteiger partial charge in [0.1, 0.15) is 17.2 Å². The largest absolute Gasteiger partial charge is 0.508 e. The van der Waals surface area contributed by atoms with Crippen molar-refractivity contribution in [2.24, 2.45) is 0 Å². The van der Waals surface area contributed by atoms with Gasteiger partial charge >= 0.3 is 0 Å². The first-order chi connectivity index (χ1) is 13.8. The number of aromatic hydroxyl groups is 1. The standard InChI is InChI=1S/C22H28N2O5.ClH/c1-22(2,9-8-14-4-6-16(28-3)7-5-14)23-12-19(26)17-10-15(25)11-18-21(17)29-13-20(27)24-18;/h4-7,10-11,19,23,25-26H,8-9,12-13H2,1-3H3,(H,24,27);1H. The number of benzene rings is 2. The fourth-order valence-electron chi connectivity index (χ4n) is 3.28. The second kappa shape index (κ2) is 10.0. The van der Waals surface area contributed by atoms with E-state index < -0.39 is 6.10 Å². The minimum atomic E-state index is -0.897. The number of ether oxygens (including phenoxy) is 2. The van der Waals surface area contributed by atoms with Crippen molar-refractivity contribution in [2.45, 2.75) is 38.3 Å². The average molecular weight is 437 g/mol. The van der Waals surface area contributed by atoms with Crippen molar-refractivity contribution in [1.29, 1.82) is 0 Å². The summed E-state index contributed by atoms with van der Waals surface area (Å²) < 4.78 is 10.7. The monoisotopic (exact) mass is 436 g/mol. The van der Waals surface area contributed by atoms with E-state index in [1.165, 1.54) is 17.7 Å². The van der Waals surface area contributed by atoms with Gasteiger partial charge in [-0.2, -0.15) is 0 Å². The molecule has 4 N–H and O–H groups in total. The molecular weight excluding hydrogens is 408 g/mol. The van der Waals surface area contributed by atoms with Crippen molar-refractivity contribution >= 4 is 24.0 Å². The van der Waals surface area contributed by atoms with Crippen LogP contribution in [-0.4, -0.2) is 41.9 Å². The number of hydrogen-bond acceptors (Lipinski definition) is 6. The van der Waals surface area contributed by atoms with Crippen molar-refractivity contribution in [1.82, 2.24) is 5.32 Å². The van der Waals surface area contributed by atoms with E-state index in [0.29, 0.717) is 17.0 Å². The second-order valence-electron chi connectivity index (χ2n) is 7.88.